The maximum absolute atomic E-state index is 3.77. The van der Waals surface area contributed by atoms with Gasteiger partial charge in [0.1, 0.15) is 0 Å². The van der Waals surface area contributed by atoms with Crippen molar-refractivity contribution in [2.45, 2.75) is 45.2 Å². The minimum absolute atomic E-state index is 0.324. The van der Waals surface area contributed by atoms with Crippen molar-refractivity contribution in [3.63, 3.8) is 0 Å². The zero-order valence-corrected chi connectivity index (χ0v) is 13.7. The Morgan fingerprint density at radius 2 is 2.17 bits per heavy atom. The highest BCUT2D eigenvalue weighted by molar-refractivity contribution is 9.11. The van der Waals surface area contributed by atoms with Crippen molar-refractivity contribution in [1.82, 2.24) is 10.2 Å². The number of nitrogens with zero attached hydrogens (tertiary/aromatic N) is 1. The fourth-order valence-corrected chi connectivity index (χ4v) is 4.26. The summed E-state index contributed by atoms with van der Waals surface area (Å²) in [5, 5.41) is 3.77. The molecule has 0 spiro atoms. The second-order valence-corrected chi connectivity index (χ2v) is 7.73. The third-order valence-electron chi connectivity index (χ3n) is 4.04. The Hall–Kier alpha value is 0.1000. The molecule has 0 unspecified atom stereocenters. The zero-order valence-electron chi connectivity index (χ0n) is 11.3. The van der Waals surface area contributed by atoms with Crippen LogP contribution >= 0.6 is 27.3 Å². The fourth-order valence-electron chi connectivity index (χ4n) is 2.73. The second-order valence-electron chi connectivity index (χ2n) is 5.18. The monoisotopic (exact) mass is 330 g/mol. The van der Waals surface area contributed by atoms with Crippen LogP contribution in [0.25, 0.3) is 0 Å². The van der Waals surface area contributed by atoms with Gasteiger partial charge in [0.05, 0.1) is 3.79 Å². The molecule has 4 heteroatoms. The number of rotatable bonds is 4. The van der Waals surface area contributed by atoms with E-state index >= 15 is 0 Å². The van der Waals surface area contributed by atoms with Crippen LogP contribution in [0, 0.1) is 0 Å². The Labute approximate surface area is 123 Å². The first-order valence-electron chi connectivity index (χ1n) is 6.89. The SMILES string of the molecule is CCC1(CC)CN(Cc2ccc(Br)s2)CCCN1. The van der Waals surface area contributed by atoms with E-state index in [0.717, 1.165) is 13.1 Å². The average molecular weight is 331 g/mol. The van der Waals surface area contributed by atoms with Gasteiger partial charge >= 0.3 is 0 Å². The van der Waals surface area contributed by atoms with E-state index in [1.165, 1.54) is 41.0 Å². The summed E-state index contributed by atoms with van der Waals surface area (Å²) in [5.41, 5.74) is 0.324. The lowest BCUT2D eigenvalue weighted by Gasteiger charge is -2.35. The topological polar surface area (TPSA) is 15.3 Å². The molecule has 2 rings (SSSR count). The summed E-state index contributed by atoms with van der Waals surface area (Å²) in [5.74, 6) is 0. The van der Waals surface area contributed by atoms with Crippen LogP contribution in [0.4, 0.5) is 0 Å². The van der Waals surface area contributed by atoms with Crippen molar-refractivity contribution < 1.29 is 0 Å². The molecule has 0 saturated carbocycles. The third-order valence-corrected chi connectivity index (χ3v) is 5.65. The first kappa shape index (κ1) is 14.5. The highest BCUT2D eigenvalue weighted by Gasteiger charge is 2.30. The summed E-state index contributed by atoms with van der Waals surface area (Å²) < 4.78 is 1.24. The standard InChI is InChI=1S/C14H23BrN2S/c1-3-14(4-2)11-17(9-5-8-16-14)10-12-6-7-13(15)18-12/h6-7,16H,3-5,8-11H2,1-2H3. The number of nitrogens with one attached hydrogen (secondary N) is 1. The highest BCUT2D eigenvalue weighted by atomic mass is 79.9. The molecule has 1 saturated heterocycles. The Balaban J connectivity index is 2.03. The quantitative estimate of drug-likeness (QED) is 0.901. The van der Waals surface area contributed by atoms with Gasteiger partial charge in [0.2, 0.25) is 0 Å². The van der Waals surface area contributed by atoms with Gasteiger partial charge < -0.3 is 5.32 Å². The average Bonchev–Trinajstić information content (AvgIpc) is 2.66. The van der Waals surface area contributed by atoms with E-state index in [1.54, 1.807) is 0 Å². The molecule has 1 aliphatic heterocycles. The van der Waals surface area contributed by atoms with Crippen molar-refractivity contribution in [2.75, 3.05) is 19.6 Å². The maximum Gasteiger partial charge on any atom is 0.0701 e. The Bertz CT molecular complexity index is 374. The number of hydrogen-bond acceptors (Lipinski definition) is 3. The highest BCUT2D eigenvalue weighted by Crippen LogP contribution is 2.26. The largest absolute Gasteiger partial charge is 0.310 e. The second kappa shape index (κ2) is 6.51. The van der Waals surface area contributed by atoms with Crippen LogP contribution in [-0.2, 0) is 6.54 Å². The van der Waals surface area contributed by atoms with Gasteiger partial charge in [-0.25, -0.2) is 0 Å². The van der Waals surface area contributed by atoms with Gasteiger partial charge in [-0.3, -0.25) is 4.90 Å². The van der Waals surface area contributed by atoms with Gasteiger partial charge in [-0.05, 0) is 60.4 Å². The summed E-state index contributed by atoms with van der Waals surface area (Å²) in [6.45, 7) is 9.26. The minimum Gasteiger partial charge on any atom is -0.310 e. The molecule has 2 nitrogen and oxygen atoms in total. The molecule has 1 fully saturated rings. The number of thiophene rings is 1. The summed E-state index contributed by atoms with van der Waals surface area (Å²) in [7, 11) is 0. The Morgan fingerprint density at radius 1 is 1.39 bits per heavy atom. The van der Waals surface area contributed by atoms with Crippen molar-refractivity contribution in [1.29, 1.82) is 0 Å². The van der Waals surface area contributed by atoms with Gasteiger partial charge in [0.25, 0.3) is 0 Å². The number of hydrogen-bond donors (Lipinski definition) is 1. The number of halogens is 1. The lowest BCUT2D eigenvalue weighted by molar-refractivity contribution is 0.192. The molecule has 1 N–H and O–H groups in total. The molecule has 0 aliphatic carbocycles. The third kappa shape index (κ3) is 3.56. The molecule has 0 radical (unpaired) electrons. The molecule has 1 aromatic rings. The van der Waals surface area contributed by atoms with Gasteiger partial charge in [-0.15, -0.1) is 11.3 Å². The van der Waals surface area contributed by atoms with Crippen molar-refractivity contribution >= 4 is 27.3 Å². The normalized spacial score (nSPS) is 20.8. The van der Waals surface area contributed by atoms with Crippen LogP contribution in [0.3, 0.4) is 0 Å². The molecular formula is C14H23BrN2S. The lowest BCUT2D eigenvalue weighted by atomic mass is 9.92. The summed E-state index contributed by atoms with van der Waals surface area (Å²) in [6.07, 6.45) is 3.69. The molecular weight excluding hydrogens is 308 g/mol. The zero-order chi connectivity index (χ0) is 13.0. The van der Waals surface area contributed by atoms with Crippen LogP contribution in [-0.4, -0.2) is 30.1 Å². The molecule has 102 valence electrons. The van der Waals surface area contributed by atoms with Crippen molar-refractivity contribution in [3.8, 4) is 0 Å². The summed E-state index contributed by atoms with van der Waals surface area (Å²) in [6, 6.07) is 4.40. The molecule has 0 atom stereocenters. The Morgan fingerprint density at radius 3 is 2.78 bits per heavy atom. The van der Waals surface area contributed by atoms with Crippen LogP contribution in [0.1, 0.15) is 38.0 Å². The molecule has 0 aromatic carbocycles. The predicted octanol–water partition coefficient (Wildman–Crippen LogP) is 3.86. The van der Waals surface area contributed by atoms with Gasteiger partial charge in [-0.1, -0.05) is 13.8 Å². The van der Waals surface area contributed by atoms with E-state index in [9.17, 15) is 0 Å². The molecule has 18 heavy (non-hydrogen) atoms. The molecule has 1 aliphatic rings. The Kier molecular flexibility index (Phi) is 5.24. The van der Waals surface area contributed by atoms with Gasteiger partial charge in [0.15, 0.2) is 0 Å². The summed E-state index contributed by atoms with van der Waals surface area (Å²) >= 11 is 5.41. The van der Waals surface area contributed by atoms with Gasteiger partial charge in [-0.2, -0.15) is 0 Å². The molecule has 2 heterocycles. The predicted molar refractivity (Wildman–Crippen MR) is 83.2 cm³/mol. The first-order chi connectivity index (χ1) is 8.67. The fraction of sp³-hybridized carbons (Fsp3) is 0.714. The van der Waals surface area contributed by atoms with Gasteiger partial charge in [0, 0.05) is 23.5 Å². The van der Waals surface area contributed by atoms with E-state index < -0.39 is 0 Å². The van der Waals surface area contributed by atoms with E-state index in [2.05, 4.69) is 52.1 Å². The van der Waals surface area contributed by atoms with Crippen molar-refractivity contribution in [2.24, 2.45) is 0 Å². The summed E-state index contributed by atoms with van der Waals surface area (Å²) in [4.78, 5) is 4.08. The van der Waals surface area contributed by atoms with Crippen LogP contribution < -0.4 is 5.32 Å². The van der Waals surface area contributed by atoms with Crippen LogP contribution in [0.2, 0.25) is 0 Å². The molecule has 1 aromatic heterocycles. The van der Waals surface area contributed by atoms with Crippen molar-refractivity contribution in [3.05, 3.63) is 20.8 Å². The van der Waals surface area contributed by atoms with E-state index in [-0.39, 0.29) is 0 Å². The van der Waals surface area contributed by atoms with Crippen LogP contribution in [0.5, 0.6) is 0 Å². The minimum atomic E-state index is 0.324. The smallest absolute Gasteiger partial charge is 0.0701 e. The van der Waals surface area contributed by atoms with E-state index in [4.69, 9.17) is 0 Å². The molecule has 0 bridgehead atoms. The first-order valence-corrected chi connectivity index (χ1v) is 8.50. The maximum atomic E-state index is 3.77. The van der Waals surface area contributed by atoms with E-state index in [1.807, 2.05) is 11.3 Å². The van der Waals surface area contributed by atoms with E-state index in [0.29, 0.717) is 5.54 Å². The molecule has 0 amide bonds. The van der Waals surface area contributed by atoms with Crippen LogP contribution in [0.15, 0.2) is 15.9 Å². The lowest BCUT2D eigenvalue weighted by Crippen LogP contribution is -2.50.